The predicted molar refractivity (Wildman–Crippen MR) is 86.5 cm³/mol. The maximum Gasteiger partial charge on any atom is 0.269 e. The number of para-hydroxylation sites is 1. The highest BCUT2D eigenvalue weighted by Crippen LogP contribution is 2.26. The summed E-state index contributed by atoms with van der Waals surface area (Å²) in [7, 11) is 0. The summed E-state index contributed by atoms with van der Waals surface area (Å²) in [4.78, 5) is 14.6. The van der Waals surface area contributed by atoms with Crippen molar-refractivity contribution in [3.05, 3.63) is 70.6 Å². The van der Waals surface area contributed by atoms with Gasteiger partial charge in [0.1, 0.15) is 5.75 Å². The van der Waals surface area contributed by atoms with E-state index in [0.29, 0.717) is 23.7 Å². The molecule has 0 saturated carbocycles. The summed E-state index contributed by atoms with van der Waals surface area (Å²) >= 11 is 0. The molecule has 3 rings (SSSR count). The van der Waals surface area contributed by atoms with Crippen LogP contribution in [-0.2, 0) is 0 Å². The minimum atomic E-state index is -0.452. The smallest absolute Gasteiger partial charge is 0.269 e. The van der Waals surface area contributed by atoms with E-state index >= 15 is 0 Å². The fraction of sp³-hybridized carbons (Fsp3) is 0.176. The molecule has 7 heteroatoms. The van der Waals surface area contributed by atoms with Gasteiger partial charge in [0.05, 0.1) is 4.92 Å². The number of benzene rings is 2. The van der Waals surface area contributed by atoms with Crippen LogP contribution in [0.3, 0.4) is 0 Å². The Hall–Kier alpha value is -3.22. The lowest BCUT2D eigenvalue weighted by Gasteiger charge is -2.13. The van der Waals surface area contributed by atoms with Gasteiger partial charge < -0.3 is 9.26 Å². The summed E-state index contributed by atoms with van der Waals surface area (Å²) in [6, 6.07) is 15.4. The molecule has 24 heavy (non-hydrogen) atoms. The van der Waals surface area contributed by atoms with Gasteiger partial charge in [0.25, 0.3) is 11.6 Å². The predicted octanol–water partition coefficient (Wildman–Crippen LogP) is 4.17. The number of ether oxygens (including phenoxy) is 1. The van der Waals surface area contributed by atoms with Crippen LogP contribution >= 0.6 is 0 Å². The number of aromatic nitrogens is 2. The molecule has 1 aromatic heterocycles. The first kappa shape index (κ1) is 15.7. The Bertz CT molecular complexity index is 815. The lowest BCUT2D eigenvalue weighted by atomic mass is 10.2. The Morgan fingerprint density at radius 3 is 2.50 bits per heavy atom. The summed E-state index contributed by atoms with van der Waals surface area (Å²) in [5.74, 6) is 1.46. The van der Waals surface area contributed by atoms with Crippen LogP contribution in [0, 0.1) is 10.1 Å². The fourth-order valence-electron chi connectivity index (χ4n) is 2.19. The van der Waals surface area contributed by atoms with Gasteiger partial charge in [-0.3, -0.25) is 10.1 Å². The zero-order chi connectivity index (χ0) is 16.9. The molecule has 0 bridgehead atoms. The van der Waals surface area contributed by atoms with E-state index < -0.39 is 4.92 Å². The van der Waals surface area contributed by atoms with Crippen molar-refractivity contribution in [2.24, 2.45) is 0 Å². The number of rotatable bonds is 6. The van der Waals surface area contributed by atoms with E-state index in [2.05, 4.69) is 10.1 Å². The topological polar surface area (TPSA) is 91.3 Å². The van der Waals surface area contributed by atoms with Gasteiger partial charge in [-0.05, 0) is 30.7 Å². The molecule has 0 saturated heterocycles. The standard InChI is InChI=1S/C17H15N3O4/c1-2-15(23-14-6-4-3-5-7-14)17-18-16(19-24-17)12-8-10-13(11-9-12)20(21)22/h3-11,15H,2H2,1H3. The molecule has 1 atom stereocenters. The second-order valence-corrected chi connectivity index (χ2v) is 5.09. The van der Waals surface area contributed by atoms with Gasteiger partial charge in [-0.1, -0.05) is 30.3 Å². The summed E-state index contributed by atoms with van der Waals surface area (Å²) in [6.45, 7) is 1.96. The molecule has 1 heterocycles. The number of hydrogen-bond donors (Lipinski definition) is 0. The SMILES string of the molecule is CCC(Oc1ccccc1)c1nc(-c2ccc([N+](=O)[O-])cc2)no1. The molecule has 122 valence electrons. The van der Waals surface area contributed by atoms with E-state index in [0.717, 1.165) is 5.75 Å². The molecule has 0 N–H and O–H groups in total. The van der Waals surface area contributed by atoms with Crippen molar-refractivity contribution < 1.29 is 14.2 Å². The number of hydrogen-bond acceptors (Lipinski definition) is 6. The summed E-state index contributed by atoms with van der Waals surface area (Å²) in [5, 5.41) is 14.6. The fourth-order valence-corrected chi connectivity index (χ4v) is 2.19. The molecule has 1 unspecified atom stereocenters. The van der Waals surface area contributed by atoms with Crippen molar-refractivity contribution in [2.45, 2.75) is 19.4 Å². The molecular formula is C17H15N3O4. The third-order valence-corrected chi connectivity index (χ3v) is 3.45. The minimum absolute atomic E-state index is 0.0151. The first-order chi connectivity index (χ1) is 11.7. The maximum atomic E-state index is 10.7. The third-order valence-electron chi connectivity index (χ3n) is 3.45. The second kappa shape index (κ2) is 6.91. The van der Waals surface area contributed by atoms with Gasteiger partial charge in [-0.15, -0.1) is 0 Å². The summed E-state index contributed by atoms with van der Waals surface area (Å²) in [6.07, 6.45) is 0.309. The van der Waals surface area contributed by atoms with Crippen LogP contribution in [0.2, 0.25) is 0 Å². The highest BCUT2D eigenvalue weighted by molar-refractivity contribution is 5.56. The lowest BCUT2D eigenvalue weighted by molar-refractivity contribution is -0.384. The van der Waals surface area contributed by atoms with Crippen LogP contribution in [0.25, 0.3) is 11.4 Å². The molecule has 7 nitrogen and oxygen atoms in total. The second-order valence-electron chi connectivity index (χ2n) is 5.09. The average molecular weight is 325 g/mol. The normalized spacial score (nSPS) is 11.9. The average Bonchev–Trinajstić information content (AvgIpc) is 3.10. The van der Waals surface area contributed by atoms with Gasteiger partial charge in [0, 0.05) is 17.7 Å². The summed E-state index contributed by atoms with van der Waals surface area (Å²) < 4.78 is 11.2. The van der Waals surface area contributed by atoms with Crippen LogP contribution in [0.4, 0.5) is 5.69 Å². The molecule has 0 radical (unpaired) electrons. The van der Waals surface area contributed by atoms with Crippen molar-refractivity contribution in [1.29, 1.82) is 0 Å². The molecule has 0 aliphatic heterocycles. The lowest BCUT2D eigenvalue weighted by Crippen LogP contribution is -2.06. The quantitative estimate of drug-likeness (QED) is 0.499. The van der Waals surface area contributed by atoms with Crippen molar-refractivity contribution in [3.8, 4) is 17.1 Å². The molecule has 0 aliphatic carbocycles. The molecule has 0 fully saturated rings. The van der Waals surface area contributed by atoms with Crippen molar-refractivity contribution in [1.82, 2.24) is 10.1 Å². The third kappa shape index (κ3) is 3.40. The first-order valence-corrected chi connectivity index (χ1v) is 7.47. The van der Waals surface area contributed by atoms with Gasteiger partial charge in [0.2, 0.25) is 5.82 Å². The Kier molecular flexibility index (Phi) is 4.51. The zero-order valence-corrected chi connectivity index (χ0v) is 13.0. The molecule has 0 amide bonds. The van der Waals surface area contributed by atoms with E-state index in [9.17, 15) is 10.1 Å². The minimum Gasteiger partial charge on any atom is -0.481 e. The van der Waals surface area contributed by atoms with Crippen LogP contribution in [0.1, 0.15) is 25.3 Å². The highest BCUT2D eigenvalue weighted by Gasteiger charge is 2.20. The number of nitro groups is 1. The molecule has 2 aromatic carbocycles. The molecule has 0 aliphatic rings. The maximum absolute atomic E-state index is 10.7. The number of nitrogens with zero attached hydrogens (tertiary/aromatic N) is 3. The Morgan fingerprint density at radius 2 is 1.88 bits per heavy atom. The van der Waals surface area contributed by atoms with Gasteiger partial charge in [-0.25, -0.2) is 0 Å². The van der Waals surface area contributed by atoms with Crippen molar-refractivity contribution in [2.75, 3.05) is 0 Å². The van der Waals surface area contributed by atoms with Gasteiger partial charge >= 0.3 is 0 Å². The highest BCUT2D eigenvalue weighted by atomic mass is 16.6. The Labute approximate surface area is 138 Å². The zero-order valence-electron chi connectivity index (χ0n) is 13.0. The van der Waals surface area contributed by atoms with Crippen LogP contribution < -0.4 is 4.74 Å². The summed E-state index contributed by atoms with van der Waals surface area (Å²) in [5.41, 5.74) is 0.659. The molecular weight excluding hydrogens is 310 g/mol. The van der Waals surface area contributed by atoms with Crippen LogP contribution in [0.15, 0.2) is 59.1 Å². The van der Waals surface area contributed by atoms with E-state index in [-0.39, 0.29) is 11.8 Å². The number of non-ortho nitro benzene ring substituents is 1. The van der Waals surface area contributed by atoms with Gasteiger partial charge in [-0.2, -0.15) is 4.98 Å². The Morgan fingerprint density at radius 1 is 1.17 bits per heavy atom. The molecule has 0 spiro atoms. The monoisotopic (exact) mass is 325 g/mol. The van der Waals surface area contributed by atoms with Gasteiger partial charge in [0.15, 0.2) is 6.10 Å². The first-order valence-electron chi connectivity index (χ1n) is 7.47. The van der Waals surface area contributed by atoms with E-state index in [1.54, 1.807) is 12.1 Å². The van der Waals surface area contributed by atoms with E-state index in [1.807, 2.05) is 37.3 Å². The van der Waals surface area contributed by atoms with Crippen LogP contribution in [0.5, 0.6) is 5.75 Å². The van der Waals surface area contributed by atoms with Crippen molar-refractivity contribution >= 4 is 5.69 Å². The largest absolute Gasteiger partial charge is 0.481 e. The van der Waals surface area contributed by atoms with Crippen molar-refractivity contribution in [3.63, 3.8) is 0 Å². The number of nitro benzene ring substituents is 1. The Balaban J connectivity index is 1.79. The van der Waals surface area contributed by atoms with E-state index in [4.69, 9.17) is 9.26 Å². The molecule has 3 aromatic rings. The van der Waals surface area contributed by atoms with E-state index in [1.165, 1.54) is 12.1 Å². The van der Waals surface area contributed by atoms with Crippen LogP contribution in [-0.4, -0.2) is 15.1 Å².